The van der Waals surface area contributed by atoms with Crippen LogP contribution in [0.2, 0.25) is 0 Å². The van der Waals surface area contributed by atoms with Gasteiger partial charge in [0.05, 0.1) is 0 Å². The highest BCUT2D eigenvalue weighted by Crippen LogP contribution is 1.77. The van der Waals surface area contributed by atoms with Gasteiger partial charge < -0.3 is 28.3 Å². The zero-order chi connectivity index (χ0) is 10.4. The summed E-state index contributed by atoms with van der Waals surface area (Å²) < 4.78 is 0. The zero-order valence-electron chi connectivity index (χ0n) is 8.47. The minimum Gasteiger partial charge on any atom is -0.330 e. The Kier molecular flexibility index (Phi) is 20.9. The Hall–Kier alpha value is -0.200. The fourth-order valence-corrected chi connectivity index (χ4v) is 0.618. The molecule has 0 atom stereocenters. The van der Waals surface area contributed by atoms with Crippen LogP contribution in [-0.4, -0.2) is 39.3 Å². The molecule has 0 aliphatic carbocycles. The normalized spacial score (nSPS) is 9.23. The Morgan fingerprint density at radius 3 is 1.23 bits per heavy atom. The lowest BCUT2D eigenvalue weighted by Crippen LogP contribution is -2.27. The van der Waals surface area contributed by atoms with Crippen LogP contribution in [0.25, 0.3) is 0 Å². The second kappa shape index (κ2) is 17.8. The molecule has 0 spiro atoms. The molecule has 0 aromatic rings. The third-order valence-corrected chi connectivity index (χ3v) is 1.30. The van der Waals surface area contributed by atoms with Crippen molar-refractivity contribution in [2.45, 2.75) is 12.8 Å². The lowest BCUT2D eigenvalue weighted by molar-refractivity contribution is 0.696. The quantitative estimate of drug-likeness (QED) is 0.304. The van der Waals surface area contributed by atoms with Crippen LogP contribution in [0.3, 0.4) is 0 Å². The van der Waals surface area contributed by atoms with E-state index in [0.717, 1.165) is 39.0 Å². The number of nitrogens with two attached hydrogens (primary N) is 4. The summed E-state index contributed by atoms with van der Waals surface area (Å²) in [4.78, 5) is 0. The van der Waals surface area contributed by atoms with E-state index in [1.54, 1.807) is 0 Å². The maximum absolute atomic E-state index is 5.17. The van der Waals surface area contributed by atoms with Crippen LogP contribution in [0.1, 0.15) is 12.8 Å². The third-order valence-electron chi connectivity index (χ3n) is 1.30. The van der Waals surface area contributed by atoms with Crippen molar-refractivity contribution in [1.29, 1.82) is 0 Å². The summed E-state index contributed by atoms with van der Waals surface area (Å²) in [6.45, 7) is 4.68. The number of unbranched alkanes of at least 4 members (excludes halogenated alkanes) is 1. The van der Waals surface area contributed by atoms with E-state index in [2.05, 4.69) is 5.32 Å². The minimum atomic E-state index is 0.694. The Morgan fingerprint density at radius 1 is 0.615 bits per heavy atom. The van der Waals surface area contributed by atoms with Gasteiger partial charge in [-0.15, -0.1) is 0 Å². The van der Waals surface area contributed by atoms with E-state index in [9.17, 15) is 0 Å². The van der Waals surface area contributed by atoms with E-state index in [1.807, 2.05) is 0 Å². The molecule has 0 aliphatic rings. The summed E-state index contributed by atoms with van der Waals surface area (Å²) in [5.74, 6) is 0. The van der Waals surface area contributed by atoms with Gasteiger partial charge in [0.25, 0.3) is 0 Å². The molecule has 9 N–H and O–H groups in total. The highest BCUT2D eigenvalue weighted by Gasteiger charge is 1.76. The maximum atomic E-state index is 5.17. The van der Waals surface area contributed by atoms with E-state index < -0.39 is 0 Å². The molecule has 0 rings (SSSR count). The highest BCUT2D eigenvalue weighted by molar-refractivity contribution is 4.45. The van der Waals surface area contributed by atoms with E-state index in [4.69, 9.17) is 22.9 Å². The molecular formula is C8H25N5. The van der Waals surface area contributed by atoms with Gasteiger partial charge in [0.1, 0.15) is 0 Å². The Labute approximate surface area is 81.2 Å². The van der Waals surface area contributed by atoms with Crippen LogP contribution in [-0.2, 0) is 0 Å². The van der Waals surface area contributed by atoms with Gasteiger partial charge in [0.2, 0.25) is 0 Å². The smallest absolute Gasteiger partial charge is 0.00750 e. The summed E-state index contributed by atoms with van der Waals surface area (Å²) in [5.41, 5.74) is 20.7. The van der Waals surface area contributed by atoms with Crippen molar-refractivity contribution in [3.63, 3.8) is 0 Å². The molecule has 0 aromatic heterocycles. The van der Waals surface area contributed by atoms with Crippen molar-refractivity contribution in [3.8, 4) is 0 Å². The maximum Gasteiger partial charge on any atom is 0.00750 e. The van der Waals surface area contributed by atoms with Crippen molar-refractivity contribution >= 4 is 0 Å². The van der Waals surface area contributed by atoms with Crippen LogP contribution in [0.15, 0.2) is 0 Å². The van der Waals surface area contributed by atoms with Gasteiger partial charge in [-0.2, -0.15) is 0 Å². The van der Waals surface area contributed by atoms with Gasteiger partial charge in [-0.05, 0) is 25.9 Å². The molecule has 5 heteroatoms. The van der Waals surface area contributed by atoms with Gasteiger partial charge in [-0.3, -0.25) is 0 Å². The van der Waals surface area contributed by atoms with Crippen LogP contribution >= 0.6 is 0 Å². The zero-order valence-corrected chi connectivity index (χ0v) is 8.47. The molecule has 0 saturated heterocycles. The van der Waals surface area contributed by atoms with Gasteiger partial charge in [-0.25, -0.2) is 0 Å². The fourth-order valence-electron chi connectivity index (χ4n) is 0.618. The van der Waals surface area contributed by atoms with E-state index in [0.29, 0.717) is 13.1 Å². The standard InChI is InChI=1S/C4H13N3.C4H12N2/c5-1-3-7-4-2-6;5-3-1-2-4-6/h7H,1-6H2;1-6H2. The molecule has 0 saturated carbocycles. The highest BCUT2D eigenvalue weighted by atomic mass is 14.9. The van der Waals surface area contributed by atoms with Crippen molar-refractivity contribution < 1.29 is 0 Å². The first-order valence-electron chi connectivity index (χ1n) is 4.84. The number of hydrogen-bond acceptors (Lipinski definition) is 5. The van der Waals surface area contributed by atoms with Gasteiger partial charge in [0, 0.05) is 26.2 Å². The molecule has 0 radical (unpaired) electrons. The number of hydrogen-bond donors (Lipinski definition) is 5. The van der Waals surface area contributed by atoms with Crippen molar-refractivity contribution in [2.75, 3.05) is 39.3 Å². The van der Waals surface area contributed by atoms with Gasteiger partial charge in [-0.1, -0.05) is 0 Å². The SMILES string of the molecule is NCCCCN.NCCNCCN. The molecule has 5 nitrogen and oxygen atoms in total. The first-order chi connectivity index (χ1) is 6.33. The average Bonchev–Trinajstić information content (AvgIpc) is 2.17. The third kappa shape index (κ3) is 24.5. The molecule has 82 valence electrons. The lowest BCUT2D eigenvalue weighted by atomic mass is 10.3. The van der Waals surface area contributed by atoms with E-state index in [-0.39, 0.29) is 0 Å². The summed E-state index contributed by atoms with van der Waals surface area (Å²) in [5, 5.41) is 3.03. The second-order valence-electron chi connectivity index (χ2n) is 2.61. The van der Waals surface area contributed by atoms with Crippen molar-refractivity contribution in [3.05, 3.63) is 0 Å². The Morgan fingerprint density at radius 2 is 1.00 bits per heavy atom. The second-order valence-corrected chi connectivity index (χ2v) is 2.61. The lowest BCUT2D eigenvalue weighted by Gasteiger charge is -1.95. The van der Waals surface area contributed by atoms with Crippen LogP contribution in [0.4, 0.5) is 0 Å². The predicted octanol–water partition coefficient (Wildman–Crippen LogP) is -1.82. The first-order valence-corrected chi connectivity index (χ1v) is 4.84. The monoisotopic (exact) mass is 191 g/mol. The number of nitrogens with one attached hydrogen (secondary N) is 1. The molecular weight excluding hydrogens is 166 g/mol. The van der Waals surface area contributed by atoms with Crippen LogP contribution in [0.5, 0.6) is 0 Å². The Balaban J connectivity index is 0. The molecule has 0 heterocycles. The molecule has 0 fully saturated rings. The van der Waals surface area contributed by atoms with Crippen molar-refractivity contribution in [1.82, 2.24) is 5.32 Å². The van der Waals surface area contributed by atoms with Gasteiger partial charge >= 0.3 is 0 Å². The number of rotatable bonds is 7. The molecule has 0 unspecified atom stereocenters. The van der Waals surface area contributed by atoms with Gasteiger partial charge in [0.15, 0.2) is 0 Å². The summed E-state index contributed by atoms with van der Waals surface area (Å²) in [7, 11) is 0. The predicted molar refractivity (Wildman–Crippen MR) is 58.3 cm³/mol. The molecule has 0 bridgehead atoms. The summed E-state index contributed by atoms with van der Waals surface area (Å²) in [6.07, 6.45) is 2.13. The molecule has 0 aromatic carbocycles. The largest absolute Gasteiger partial charge is 0.330 e. The van der Waals surface area contributed by atoms with E-state index in [1.165, 1.54) is 0 Å². The molecule has 13 heavy (non-hydrogen) atoms. The topological polar surface area (TPSA) is 116 Å². The summed E-state index contributed by atoms with van der Waals surface area (Å²) in [6, 6.07) is 0. The fraction of sp³-hybridized carbons (Fsp3) is 1.00. The Bertz CT molecular complexity index is 61.6. The first kappa shape index (κ1) is 15.3. The minimum absolute atomic E-state index is 0.694. The van der Waals surface area contributed by atoms with E-state index >= 15 is 0 Å². The summed E-state index contributed by atoms with van der Waals surface area (Å²) >= 11 is 0. The molecule has 0 amide bonds. The van der Waals surface area contributed by atoms with Crippen LogP contribution in [0, 0.1) is 0 Å². The average molecular weight is 191 g/mol. The van der Waals surface area contributed by atoms with Crippen LogP contribution < -0.4 is 28.3 Å². The molecule has 0 aliphatic heterocycles. The van der Waals surface area contributed by atoms with Crippen molar-refractivity contribution in [2.24, 2.45) is 22.9 Å².